The van der Waals surface area contributed by atoms with Crippen molar-refractivity contribution < 1.29 is 18.3 Å². The molecule has 0 saturated heterocycles. The van der Waals surface area contributed by atoms with Gasteiger partial charge in [-0.3, -0.25) is 0 Å². The largest absolute Gasteiger partial charge is 0.457 e. The van der Waals surface area contributed by atoms with E-state index in [4.69, 9.17) is 18.3 Å². The highest BCUT2D eigenvalue weighted by molar-refractivity contribution is 7.26. The number of benzene rings is 22. The second kappa shape index (κ2) is 30.8. The summed E-state index contributed by atoms with van der Waals surface area (Å²) in [7, 11) is 0. The van der Waals surface area contributed by atoms with Crippen molar-refractivity contribution in [3.63, 3.8) is 0 Å². The summed E-state index contributed by atoms with van der Waals surface area (Å²) in [6, 6.07) is 183. The van der Waals surface area contributed by atoms with Gasteiger partial charge in [0.05, 0.1) is 44.4 Å². The van der Waals surface area contributed by atoms with E-state index in [1.807, 2.05) is 28.7 Å². The molecule has 4 aromatic heterocycles. The quantitative estimate of drug-likeness (QED) is 0.136. The van der Waals surface area contributed by atoms with Gasteiger partial charge in [-0.05, 0) is 227 Å². The van der Waals surface area contributed by atoms with Crippen LogP contribution in [0.2, 0.25) is 0 Å². The lowest BCUT2D eigenvalue weighted by molar-refractivity contribution is 0.436. The van der Waals surface area contributed by atoms with Gasteiger partial charge in [-0.15, -0.1) is 22.7 Å². The van der Waals surface area contributed by atoms with E-state index in [1.54, 1.807) is 0 Å². The predicted molar refractivity (Wildman–Crippen MR) is 592 cm³/mol. The maximum Gasteiger partial charge on any atom is 0.159 e. The molecule has 26 aromatic rings. The second-order valence-electron chi connectivity index (χ2n) is 38.8. The molecular formula is C136H82N2O4S2. The molecule has 0 saturated carbocycles. The summed E-state index contributed by atoms with van der Waals surface area (Å²) in [6.45, 7) is 0. The van der Waals surface area contributed by atoms with Crippen LogP contribution in [-0.2, 0) is 21.7 Å². The molecule has 144 heavy (non-hydrogen) atoms. The van der Waals surface area contributed by atoms with Crippen LogP contribution in [0.3, 0.4) is 0 Å². The van der Waals surface area contributed by atoms with Crippen LogP contribution in [0.4, 0.5) is 34.1 Å². The molecule has 0 amide bonds. The van der Waals surface area contributed by atoms with Crippen LogP contribution >= 0.6 is 22.7 Å². The van der Waals surface area contributed by atoms with E-state index in [9.17, 15) is 0 Å². The summed E-state index contributed by atoms with van der Waals surface area (Å²) in [5.74, 6) is 3.59. The molecule has 6 nitrogen and oxygen atoms in total. The minimum atomic E-state index is -0.576. The Balaban J connectivity index is 0.000000131. The third-order valence-electron chi connectivity index (χ3n) is 32.0. The third kappa shape index (κ3) is 11.0. The fourth-order valence-electron chi connectivity index (χ4n) is 26.5. The zero-order valence-corrected chi connectivity index (χ0v) is 79.3. The first-order valence-corrected chi connectivity index (χ1v) is 51.1. The number of anilines is 6. The minimum absolute atomic E-state index is 0.555. The Kier molecular flexibility index (Phi) is 17.3. The highest BCUT2D eigenvalue weighted by Gasteiger charge is 2.55. The van der Waals surface area contributed by atoms with E-state index < -0.39 is 21.7 Å². The zero-order chi connectivity index (χ0) is 94.2. The Morgan fingerprint density at radius 2 is 0.514 bits per heavy atom. The Hall–Kier alpha value is -17.9. The molecular weight excluding hydrogens is 1790 g/mol. The van der Waals surface area contributed by atoms with E-state index in [0.717, 1.165) is 101 Å². The molecule has 8 heteroatoms. The van der Waals surface area contributed by atoms with Gasteiger partial charge in [0.15, 0.2) is 5.58 Å². The van der Waals surface area contributed by atoms with Crippen LogP contribution in [0.25, 0.3) is 129 Å². The Morgan fingerprint density at radius 3 is 1.02 bits per heavy atom. The lowest BCUT2D eigenvalue weighted by Gasteiger charge is -2.39. The number of fused-ring (bicyclic) bond motifs is 36. The fraction of sp³-hybridized carbons (Fsp3) is 0.0294. The maximum absolute atomic E-state index is 6.98. The molecule has 6 aliphatic rings. The number of nitrogens with zero attached hydrogens (tertiary/aromatic N) is 2. The highest BCUT2D eigenvalue weighted by atomic mass is 32.1. The SMILES string of the molecule is c1ccc(C2(c3ccccc3)c3ccccc3-c3c(N(c4ccc5c(c4)oc4ccccc45)c4cccc5sc6cc7c(cc6c45)-c4ccccc4C74c5ccccc5Oc5ccccc54)cccc32)cc1.c1ccc(C2(c3ccccc3)c3ccccc3-c3ccc(N(c4cccc5c4oc4ccccc45)c4cccc5sc6cc7c(cc6c45)-c4ccccc4C74c5ccccc5Oc5ccccc54)cc32)cc1. The van der Waals surface area contributed by atoms with Crippen LogP contribution in [-0.4, -0.2) is 0 Å². The Labute approximate surface area is 838 Å². The molecule has 0 atom stereocenters. The molecule has 22 aromatic carbocycles. The van der Waals surface area contributed by atoms with E-state index in [2.05, 4.69) is 501 Å². The van der Waals surface area contributed by atoms with Crippen molar-refractivity contribution in [1.29, 1.82) is 0 Å². The second-order valence-corrected chi connectivity index (χ2v) is 40.9. The van der Waals surface area contributed by atoms with Gasteiger partial charge in [-0.25, -0.2) is 0 Å². The topological polar surface area (TPSA) is 51.2 Å². The van der Waals surface area contributed by atoms with Crippen LogP contribution in [0.5, 0.6) is 23.0 Å². The van der Waals surface area contributed by atoms with E-state index in [0.29, 0.717) is 0 Å². The fourth-order valence-corrected chi connectivity index (χ4v) is 28.8. The number of para-hydroxylation sites is 7. The molecule has 32 rings (SSSR count). The first-order valence-electron chi connectivity index (χ1n) is 49.5. The van der Waals surface area contributed by atoms with Gasteiger partial charge in [0.2, 0.25) is 0 Å². The summed E-state index contributed by atoms with van der Waals surface area (Å²) in [5, 5.41) is 9.29. The molecule has 2 aliphatic heterocycles. The number of hydrogen-bond donors (Lipinski definition) is 0. The molecule has 0 unspecified atom stereocenters. The van der Waals surface area contributed by atoms with Crippen molar-refractivity contribution >= 4 is 141 Å². The van der Waals surface area contributed by atoms with Crippen LogP contribution < -0.4 is 19.3 Å². The third-order valence-corrected chi connectivity index (χ3v) is 34.2. The maximum atomic E-state index is 6.98. The van der Waals surface area contributed by atoms with Gasteiger partial charge in [0.1, 0.15) is 39.7 Å². The van der Waals surface area contributed by atoms with Gasteiger partial charge >= 0.3 is 0 Å². The van der Waals surface area contributed by atoms with Gasteiger partial charge in [0, 0.05) is 107 Å². The first-order chi connectivity index (χ1) is 71.4. The van der Waals surface area contributed by atoms with Crippen LogP contribution in [0.1, 0.15) is 89.0 Å². The smallest absolute Gasteiger partial charge is 0.159 e. The number of furan rings is 2. The highest BCUT2D eigenvalue weighted by Crippen LogP contribution is 2.69. The van der Waals surface area contributed by atoms with Crippen molar-refractivity contribution in [3.8, 4) is 67.5 Å². The molecule has 0 radical (unpaired) electrons. The molecule has 6 heterocycles. The number of rotatable bonds is 10. The van der Waals surface area contributed by atoms with Crippen molar-refractivity contribution in [2.24, 2.45) is 0 Å². The van der Waals surface area contributed by atoms with Gasteiger partial charge in [0.25, 0.3) is 0 Å². The van der Waals surface area contributed by atoms with Crippen LogP contribution in [0.15, 0.2) is 506 Å². The summed E-state index contributed by atoms with van der Waals surface area (Å²) < 4.78 is 32.0. The average Bonchev–Trinajstić information content (AvgIpc) is 1.48. The van der Waals surface area contributed by atoms with Crippen molar-refractivity contribution in [2.45, 2.75) is 21.7 Å². The van der Waals surface area contributed by atoms with Crippen molar-refractivity contribution in [1.82, 2.24) is 0 Å². The summed E-state index contributed by atoms with van der Waals surface area (Å²) in [4.78, 5) is 5.01. The zero-order valence-electron chi connectivity index (χ0n) is 77.7. The van der Waals surface area contributed by atoms with Crippen molar-refractivity contribution in [3.05, 3.63) is 586 Å². The van der Waals surface area contributed by atoms with Crippen LogP contribution in [0, 0.1) is 0 Å². The van der Waals surface area contributed by atoms with E-state index in [1.165, 1.54) is 174 Å². The summed E-state index contributed by atoms with van der Waals surface area (Å²) in [5.41, 5.74) is 37.3. The van der Waals surface area contributed by atoms with E-state index in [-0.39, 0.29) is 0 Å². The normalized spacial score (nSPS) is 14.2. The molecule has 2 spiro atoms. The monoisotopic (exact) mass is 1870 g/mol. The predicted octanol–water partition coefficient (Wildman–Crippen LogP) is 36.5. The molecule has 0 bridgehead atoms. The molecule has 4 aliphatic carbocycles. The standard InChI is InChI=1S/2C68H41NO2S/c1-3-19-42(20-4-1)67(43-21-5-2-6-22-43)52-27-11-8-25-48(52)65-55(67)30-17-31-57(65)69(44-37-38-47-46-24-9-14-33-59(46)70-62(47)39-44)58-32-18-36-63-66(58)50-40-49-45-23-7-10-26-51(45)68(56(49)41-64(50)72-63)53-28-12-15-34-60(53)71-61-35-16-13-29-54(61)68;1-3-19-42(20-4-1)67(43-21-5-2-6-22-43)52-27-10-7-23-45(52)47-38-37-44(39-56(47)67)69(59-32-17-26-49-48-25-9-14-33-60(48)71-66(49)59)58-31-18-36-63-65(58)51-40-50-46-24-8-11-28-53(46)68(57(50)41-64(51)72-63)54-29-12-15-34-61(54)70-62-35-16-13-30-55(62)68/h2*1-41H. The molecule has 672 valence electrons. The Bertz CT molecular complexity index is 9750. The first kappa shape index (κ1) is 81.0. The van der Waals surface area contributed by atoms with Gasteiger partial charge in [-0.1, -0.05) is 370 Å². The molecule has 0 N–H and O–H groups in total. The minimum Gasteiger partial charge on any atom is -0.457 e. The number of hydrogen-bond acceptors (Lipinski definition) is 8. The van der Waals surface area contributed by atoms with Gasteiger partial charge in [-0.2, -0.15) is 0 Å². The number of ether oxygens (including phenoxy) is 2. The lowest BCUT2D eigenvalue weighted by Crippen LogP contribution is -2.32. The lowest BCUT2D eigenvalue weighted by atomic mass is 9.66. The average molecular weight is 1870 g/mol. The van der Waals surface area contributed by atoms with Crippen molar-refractivity contribution in [2.75, 3.05) is 9.80 Å². The Morgan fingerprint density at radius 1 is 0.181 bits per heavy atom. The number of thiophene rings is 2. The molecule has 0 fully saturated rings. The summed E-state index contributed by atoms with van der Waals surface area (Å²) in [6.07, 6.45) is 0. The van der Waals surface area contributed by atoms with E-state index >= 15 is 0 Å². The van der Waals surface area contributed by atoms with Gasteiger partial charge < -0.3 is 28.1 Å². The summed E-state index contributed by atoms with van der Waals surface area (Å²) >= 11 is 3.75.